The molecule has 54 heavy (non-hydrogen) atoms. The van der Waals surface area contributed by atoms with Gasteiger partial charge in [0.05, 0.1) is 0 Å². The molecule has 252 valence electrons. The fraction of sp³-hybridized carbons (Fsp3) is 0. The van der Waals surface area contributed by atoms with E-state index in [2.05, 4.69) is 218 Å². The molecule has 10 rings (SSSR count). The Bertz CT molecular complexity index is 2940. The van der Waals surface area contributed by atoms with Crippen molar-refractivity contribution >= 4 is 32.3 Å². The first-order valence-electron chi connectivity index (χ1n) is 18.7. The van der Waals surface area contributed by atoms with Crippen molar-refractivity contribution in [3.8, 4) is 66.8 Å². The maximum Gasteiger partial charge on any atom is -0.00201 e. The SMILES string of the molecule is c1ccc(-c2cccc(-c3ccc4c(c3)c(-c3ccccc3)c(-c3ccccc3)c3cc(-c5cc6ccccc6cc5-c5ccccc5)ccc34)c2)cc1. The minimum atomic E-state index is 1.20. The molecular formula is C54H36. The molecule has 0 fully saturated rings. The molecule has 0 nitrogen and oxygen atoms in total. The number of benzene rings is 10. The Hall–Kier alpha value is -7.02. The lowest BCUT2D eigenvalue weighted by Gasteiger charge is -2.21. The third-order valence-electron chi connectivity index (χ3n) is 10.8. The summed E-state index contributed by atoms with van der Waals surface area (Å²) in [5.41, 5.74) is 14.7. The van der Waals surface area contributed by atoms with E-state index in [4.69, 9.17) is 0 Å². The van der Waals surface area contributed by atoms with Crippen molar-refractivity contribution in [1.29, 1.82) is 0 Å². The summed E-state index contributed by atoms with van der Waals surface area (Å²) in [6, 6.07) is 79.9. The zero-order valence-electron chi connectivity index (χ0n) is 29.8. The molecule has 0 heterocycles. The van der Waals surface area contributed by atoms with Crippen LogP contribution in [0.25, 0.3) is 99.1 Å². The molecule has 0 radical (unpaired) electrons. The summed E-state index contributed by atoms with van der Waals surface area (Å²) in [6.45, 7) is 0. The quantitative estimate of drug-likeness (QED) is 0.153. The highest BCUT2D eigenvalue weighted by Gasteiger charge is 2.20. The van der Waals surface area contributed by atoms with Gasteiger partial charge in [-0.25, -0.2) is 0 Å². The fourth-order valence-electron chi connectivity index (χ4n) is 8.24. The topological polar surface area (TPSA) is 0 Å². The summed E-state index contributed by atoms with van der Waals surface area (Å²) >= 11 is 0. The van der Waals surface area contributed by atoms with Gasteiger partial charge in [-0.15, -0.1) is 0 Å². The van der Waals surface area contributed by atoms with Crippen LogP contribution in [0.1, 0.15) is 0 Å². The first-order valence-corrected chi connectivity index (χ1v) is 18.7. The minimum absolute atomic E-state index is 1.20. The summed E-state index contributed by atoms with van der Waals surface area (Å²) < 4.78 is 0. The van der Waals surface area contributed by atoms with Crippen LogP contribution < -0.4 is 0 Å². The van der Waals surface area contributed by atoms with E-state index in [0.29, 0.717) is 0 Å². The molecule has 10 aromatic rings. The van der Waals surface area contributed by atoms with Crippen molar-refractivity contribution in [2.45, 2.75) is 0 Å². The molecule has 0 aromatic heterocycles. The van der Waals surface area contributed by atoms with Gasteiger partial charge in [0.25, 0.3) is 0 Å². The zero-order valence-corrected chi connectivity index (χ0v) is 29.8. The van der Waals surface area contributed by atoms with Gasteiger partial charge in [0, 0.05) is 0 Å². The van der Waals surface area contributed by atoms with Gasteiger partial charge in [0.15, 0.2) is 0 Å². The van der Waals surface area contributed by atoms with E-state index in [9.17, 15) is 0 Å². The van der Waals surface area contributed by atoms with Gasteiger partial charge in [-0.3, -0.25) is 0 Å². The Morgan fingerprint density at radius 3 is 1.09 bits per heavy atom. The van der Waals surface area contributed by atoms with Gasteiger partial charge in [-0.05, 0) is 129 Å². The molecule has 10 aromatic carbocycles. The summed E-state index contributed by atoms with van der Waals surface area (Å²) in [6.07, 6.45) is 0. The molecule has 0 saturated carbocycles. The van der Waals surface area contributed by atoms with Crippen LogP contribution in [0, 0.1) is 0 Å². The van der Waals surface area contributed by atoms with Gasteiger partial charge in [-0.1, -0.05) is 188 Å². The average Bonchev–Trinajstić information content (AvgIpc) is 3.26. The highest BCUT2D eigenvalue weighted by Crippen LogP contribution is 2.47. The molecule has 0 spiro atoms. The lowest BCUT2D eigenvalue weighted by atomic mass is 9.82. The lowest BCUT2D eigenvalue weighted by Crippen LogP contribution is -1.94. The van der Waals surface area contributed by atoms with Crippen molar-refractivity contribution in [3.05, 3.63) is 218 Å². The second-order valence-corrected chi connectivity index (χ2v) is 14.1. The average molecular weight is 685 g/mol. The largest absolute Gasteiger partial charge is 0.0622 e. The van der Waals surface area contributed by atoms with Crippen LogP contribution in [-0.2, 0) is 0 Å². The maximum absolute atomic E-state index is 2.44. The Balaban J connectivity index is 1.27. The van der Waals surface area contributed by atoms with Crippen molar-refractivity contribution in [1.82, 2.24) is 0 Å². The second-order valence-electron chi connectivity index (χ2n) is 14.1. The highest BCUT2D eigenvalue weighted by molar-refractivity contribution is 6.23. The highest BCUT2D eigenvalue weighted by atomic mass is 14.2. The Kier molecular flexibility index (Phi) is 7.93. The Morgan fingerprint density at radius 1 is 0.185 bits per heavy atom. The maximum atomic E-state index is 2.44. The summed E-state index contributed by atoms with van der Waals surface area (Å²) in [4.78, 5) is 0. The zero-order chi connectivity index (χ0) is 35.8. The summed E-state index contributed by atoms with van der Waals surface area (Å²) in [5, 5.41) is 7.48. The van der Waals surface area contributed by atoms with Gasteiger partial charge < -0.3 is 0 Å². The molecule has 0 aliphatic heterocycles. The van der Waals surface area contributed by atoms with E-state index in [-0.39, 0.29) is 0 Å². The predicted octanol–water partition coefficient (Wildman–Crippen LogP) is 15.1. The van der Waals surface area contributed by atoms with Crippen molar-refractivity contribution in [2.24, 2.45) is 0 Å². The van der Waals surface area contributed by atoms with Gasteiger partial charge in [0.2, 0.25) is 0 Å². The van der Waals surface area contributed by atoms with E-state index in [0.717, 1.165) is 0 Å². The lowest BCUT2D eigenvalue weighted by molar-refractivity contribution is 1.59. The molecule has 0 N–H and O–H groups in total. The minimum Gasteiger partial charge on any atom is -0.0622 e. The number of hydrogen-bond acceptors (Lipinski definition) is 0. The summed E-state index contributed by atoms with van der Waals surface area (Å²) in [7, 11) is 0. The van der Waals surface area contributed by atoms with E-state index >= 15 is 0 Å². The first-order chi connectivity index (χ1) is 26.8. The molecule has 0 amide bonds. The van der Waals surface area contributed by atoms with Gasteiger partial charge in [0.1, 0.15) is 0 Å². The number of rotatable bonds is 6. The molecule has 0 saturated heterocycles. The molecular weight excluding hydrogens is 649 g/mol. The first kappa shape index (κ1) is 31.7. The molecule has 0 aliphatic rings. The third-order valence-corrected chi connectivity index (χ3v) is 10.8. The van der Waals surface area contributed by atoms with Crippen LogP contribution >= 0.6 is 0 Å². The number of fused-ring (bicyclic) bond motifs is 4. The standard InChI is InChI=1S/C54H36/c1-5-16-37(17-6-1)41-26-15-27-42(32-41)45-28-30-47-48-31-29-46(50-34-44-25-14-13-24-43(44)33-49(50)38-18-7-2-8-19-38)36-52(48)54(40-22-11-4-12-23-40)53(51(47)35-45)39-20-9-3-10-21-39/h1-36H. The van der Waals surface area contributed by atoms with E-state index in [1.807, 2.05) is 0 Å². The van der Waals surface area contributed by atoms with Crippen LogP contribution in [0.4, 0.5) is 0 Å². The molecule has 0 bridgehead atoms. The normalized spacial score (nSPS) is 11.3. The van der Waals surface area contributed by atoms with E-state index < -0.39 is 0 Å². The monoisotopic (exact) mass is 684 g/mol. The van der Waals surface area contributed by atoms with Gasteiger partial charge >= 0.3 is 0 Å². The van der Waals surface area contributed by atoms with Crippen molar-refractivity contribution in [2.75, 3.05) is 0 Å². The van der Waals surface area contributed by atoms with Crippen molar-refractivity contribution in [3.63, 3.8) is 0 Å². The Labute approximate surface area is 316 Å². The molecule has 0 unspecified atom stereocenters. The van der Waals surface area contributed by atoms with E-state index in [1.54, 1.807) is 0 Å². The van der Waals surface area contributed by atoms with Crippen LogP contribution in [0.2, 0.25) is 0 Å². The third kappa shape index (κ3) is 5.66. The Morgan fingerprint density at radius 2 is 0.556 bits per heavy atom. The van der Waals surface area contributed by atoms with Gasteiger partial charge in [-0.2, -0.15) is 0 Å². The van der Waals surface area contributed by atoms with Crippen LogP contribution in [0.15, 0.2) is 218 Å². The molecule has 0 heteroatoms. The van der Waals surface area contributed by atoms with Crippen LogP contribution in [0.5, 0.6) is 0 Å². The second kappa shape index (κ2) is 13.5. The molecule has 0 aliphatic carbocycles. The van der Waals surface area contributed by atoms with Crippen LogP contribution in [0.3, 0.4) is 0 Å². The smallest absolute Gasteiger partial charge is 0.00201 e. The van der Waals surface area contributed by atoms with Crippen LogP contribution in [-0.4, -0.2) is 0 Å². The predicted molar refractivity (Wildman–Crippen MR) is 232 cm³/mol. The van der Waals surface area contributed by atoms with E-state index in [1.165, 1.54) is 99.1 Å². The van der Waals surface area contributed by atoms with Crippen molar-refractivity contribution < 1.29 is 0 Å². The number of hydrogen-bond donors (Lipinski definition) is 0. The molecule has 0 atom stereocenters. The summed E-state index contributed by atoms with van der Waals surface area (Å²) in [5.74, 6) is 0. The fourth-order valence-corrected chi connectivity index (χ4v) is 8.24.